The van der Waals surface area contributed by atoms with Crippen LogP contribution in [0.2, 0.25) is 0 Å². The van der Waals surface area contributed by atoms with Crippen molar-refractivity contribution in [1.82, 2.24) is 15.0 Å². The van der Waals surface area contributed by atoms with Crippen molar-refractivity contribution in [2.24, 2.45) is 0 Å². The Morgan fingerprint density at radius 3 is 2.24 bits per heavy atom. The van der Waals surface area contributed by atoms with E-state index in [1.54, 1.807) is 0 Å². The summed E-state index contributed by atoms with van der Waals surface area (Å²) in [5, 5.41) is 1.13. The quantitative estimate of drug-likeness (QED) is 0.396. The summed E-state index contributed by atoms with van der Waals surface area (Å²) in [5.74, 6) is 1.94. The molecule has 0 atom stereocenters. The third-order valence-electron chi connectivity index (χ3n) is 6.50. The van der Waals surface area contributed by atoms with Crippen molar-refractivity contribution < 1.29 is 0 Å². The monoisotopic (exact) mass is 457 g/mol. The average molecular weight is 458 g/mol. The van der Waals surface area contributed by atoms with Gasteiger partial charge in [-0.2, -0.15) is 0 Å². The molecule has 0 radical (unpaired) electrons. The highest BCUT2D eigenvalue weighted by Crippen LogP contribution is 2.31. The first-order chi connectivity index (χ1) is 16.0. The molecule has 0 bridgehead atoms. The molecule has 1 fully saturated rings. The summed E-state index contributed by atoms with van der Waals surface area (Å²) in [4.78, 5) is 19.4. The molecular formula is C27H31N5S. The fourth-order valence-corrected chi connectivity index (χ4v) is 5.60. The minimum absolute atomic E-state index is 0.843. The van der Waals surface area contributed by atoms with E-state index in [1.807, 2.05) is 18.3 Å². The van der Waals surface area contributed by atoms with E-state index in [1.165, 1.54) is 27.0 Å². The third kappa shape index (κ3) is 4.58. The molecule has 5 nitrogen and oxygen atoms in total. The summed E-state index contributed by atoms with van der Waals surface area (Å²) in [7, 11) is 0. The standard InChI is InChI=1S/C27H31N5S/c1-5-21-10-11-24-25(17-21)33-27(30-24)32-14-12-31(13-15-32)26-23(19(3)28-20(4)29-26)16-22-8-6-18(2)7-9-22/h6-11,17H,5,12-16H2,1-4H3. The highest BCUT2D eigenvalue weighted by atomic mass is 32.1. The zero-order valence-corrected chi connectivity index (χ0v) is 20.7. The summed E-state index contributed by atoms with van der Waals surface area (Å²) in [5.41, 5.74) is 7.39. The first-order valence-electron chi connectivity index (χ1n) is 11.8. The van der Waals surface area contributed by atoms with Gasteiger partial charge >= 0.3 is 0 Å². The van der Waals surface area contributed by atoms with Crippen LogP contribution in [-0.4, -0.2) is 41.1 Å². The van der Waals surface area contributed by atoms with Crippen LogP contribution in [-0.2, 0) is 12.8 Å². The highest BCUT2D eigenvalue weighted by molar-refractivity contribution is 7.22. The van der Waals surface area contributed by atoms with E-state index in [2.05, 4.69) is 78.0 Å². The van der Waals surface area contributed by atoms with Crippen molar-refractivity contribution in [3.8, 4) is 0 Å². The maximum atomic E-state index is 4.92. The Labute approximate surface area is 200 Å². The molecule has 5 rings (SSSR count). The molecule has 0 aliphatic carbocycles. The minimum atomic E-state index is 0.843. The lowest BCUT2D eigenvalue weighted by molar-refractivity contribution is 0.641. The van der Waals surface area contributed by atoms with Crippen LogP contribution in [0.25, 0.3) is 10.2 Å². The average Bonchev–Trinajstić information content (AvgIpc) is 3.25. The molecule has 6 heteroatoms. The molecule has 1 aliphatic heterocycles. The van der Waals surface area contributed by atoms with Gasteiger partial charge in [0.1, 0.15) is 11.6 Å². The minimum Gasteiger partial charge on any atom is -0.353 e. The molecule has 0 spiro atoms. The summed E-state index contributed by atoms with van der Waals surface area (Å²) >= 11 is 1.81. The first kappa shape index (κ1) is 21.8. The van der Waals surface area contributed by atoms with Gasteiger partial charge in [-0.15, -0.1) is 0 Å². The number of hydrogen-bond donors (Lipinski definition) is 0. The normalized spacial score (nSPS) is 14.3. The molecule has 1 saturated heterocycles. The maximum Gasteiger partial charge on any atom is 0.186 e. The SMILES string of the molecule is CCc1ccc2nc(N3CCN(c4nc(C)nc(C)c4Cc4ccc(C)cc4)CC3)sc2c1. The van der Waals surface area contributed by atoms with Crippen LogP contribution in [0.1, 0.15) is 40.7 Å². The molecule has 2 aromatic carbocycles. The molecule has 0 amide bonds. The van der Waals surface area contributed by atoms with Crippen molar-refractivity contribution in [3.63, 3.8) is 0 Å². The molecule has 2 aromatic heterocycles. The van der Waals surface area contributed by atoms with Crippen LogP contribution < -0.4 is 9.80 Å². The van der Waals surface area contributed by atoms with Gasteiger partial charge in [0.05, 0.1) is 10.2 Å². The predicted octanol–water partition coefficient (Wildman–Crippen LogP) is 5.49. The molecule has 170 valence electrons. The molecule has 3 heterocycles. The lowest BCUT2D eigenvalue weighted by Crippen LogP contribution is -2.47. The zero-order chi connectivity index (χ0) is 22.9. The van der Waals surface area contributed by atoms with Gasteiger partial charge < -0.3 is 9.80 Å². The van der Waals surface area contributed by atoms with Crippen LogP contribution in [0.3, 0.4) is 0 Å². The van der Waals surface area contributed by atoms with Crippen LogP contribution >= 0.6 is 11.3 Å². The number of hydrogen-bond acceptors (Lipinski definition) is 6. The summed E-state index contributed by atoms with van der Waals surface area (Å²) in [6.45, 7) is 12.2. The topological polar surface area (TPSA) is 45.2 Å². The van der Waals surface area contributed by atoms with Crippen LogP contribution in [0, 0.1) is 20.8 Å². The number of anilines is 2. The van der Waals surface area contributed by atoms with Crippen molar-refractivity contribution in [2.75, 3.05) is 36.0 Å². The van der Waals surface area contributed by atoms with Gasteiger partial charge in [0.2, 0.25) is 0 Å². The molecule has 0 unspecified atom stereocenters. The molecule has 4 aromatic rings. The van der Waals surface area contributed by atoms with Gasteiger partial charge in [-0.3, -0.25) is 0 Å². The molecule has 33 heavy (non-hydrogen) atoms. The Kier molecular flexibility index (Phi) is 6.02. The predicted molar refractivity (Wildman–Crippen MR) is 139 cm³/mol. The number of thiazole rings is 1. The van der Waals surface area contributed by atoms with E-state index < -0.39 is 0 Å². The van der Waals surface area contributed by atoms with Crippen molar-refractivity contribution in [1.29, 1.82) is 0 Å². The van der Waals surface area contributed by atoms with E-state index in [0.29, 0.717) is 0 Å². The second kappa shape index (κ2) is 9.10. The summed E-state index contributed by atoms with van der Waals surface area (Å²) < 4.78 is 1.29. The molecule has 0 saturated carbocycles. The van der Waals surface area contributed by atoms with E-state index >= 15 is 0 Å². The molecule has 1 aliphatic rings. The van der Waals surface area contributed by atoms with Crippen LogP contribution in [0.4, 0.5) is 10.9 Å². The first-order valence-corrected chi connectivity index (χ1v) is 12.6. The lowest BCUT2D eigenvalue weighted by Gasteiger charge is -2.36. The van der Waals surface area contributed by atoms with Crippen molar-refractivity contribution in [2.45, 2.75) is 40.5 Å². The summed E-state index contributed by atoms with van der Waals surface area (Å²) in [6, 6.07) is 15.4. The Balaban J connectivity index is 1.36. The van der Waals surface area contributed by atoms with Crippen molar-refractivity contribution in [3.05, 3.63) is 76.2 Å². The number of piperazine rings is 1. The second-order valence-corrected chi connectivity index (χ2v) is 9.96. The Morgan fingerprint density at radius 2 is 1.52 bits per heavy atom. The van der Waals surface area contributed by atoms with E-state index in [0.717, 1.165) is 67.0 Å². The van der Waals surface area contributed by atoms with Gasteiger partial charge in [-0.1, -0.05) is 54.2 Å². The number of nitrogens with zero attached hydrogens (tertiary/aromatic N) is 5. The zero-order valence-electron chi connectivity index (χ0n) is 19.9. The number of fused-ring (bicyclic) bond motifs is 1. The highest BCUT2D eigenvalue weighted by Gasteiger charge is 2.24. The fourth-order valence-electron chi connectivity index (χ4n) is 4.52. The van der Waals surface area contributed by atoms with Crippen molar-refractivity contribution >= 4 is 32.5 Å². The summed E-state index contributed by atoms with van der Waals surface area (Å²) in [6.07, 6.45) is 1.92. The van der Waals surface area contributed by atoms with Gasteiger partial charge in [0.25, 0.3) is 0 Å². The lowest BCUT2D eigenvalue weighted by atomic mass is 10.0. The number of aryl methyl sites for hydroxylation is 4. The van der Waals surface area contributed by atoms with Gasteiger partial charge in [0.15, 0.2) is 5.13 Å². The second-order valence-electron chi connectivity index (χ2n) is 8.95. The van der Waals surface area contributed by atoms with Gasteiger partial charge in [-0.25, -0.2) is 15.0 Å². The maximum absolute atomic E-state index is 4.92. The van der Waals surface area contributed by atoms with E-state index in [9.17, 15) is 0 Å². The molecular weight excluding hydrogens is 426 g/mol. The van der Waals surface area contributed by atoms with Crippen LogP contribution in [0.5, 0.6) is 0 Å². The smallest absolute Gasteiger partial charge is 0.186 e. The number of aromatic nitrogens is 3. The Hall–Kier alpha value is -2.99. The number of benzene rings is 2. The Morgan fingerprint density at radius 1 is 0.818 bits per heavy atom. The molecule has 0 N–H and O–H groups in total. The van der Waals surface area contributed by atoms with E-state index in [4.69, 9.17) is 9.97 Å². The van der Waals surface area contributed by atoms with Gasteiger partial charge in [0, 0.05) is 43.9 Å². The third-order valence-corrected chi connectivity index (χ3v) is 7.58. The number of rotatable bonds is 5. The van der Waals surface area contributed by atoms with Crippen LogP contribution in [0.15, 0.2) is 42.5 Å². The Bertz CT molecular complexity index is 1270. The fraction of sp³-hybridized carbons (Fsp3) is 0.370. The van der Waals surface area contributed by atoms with Gasteiger partial charge in [-0.05, 0) is 50.5 Å². The van der Waals surface area contributed by atoms with E-state index in [-0.39, 0.29) is 0 Å². The largest absolute Gasteiger partial charge is 0.353 e.